The van der Waals surface area contributed by atoms with Crippen LogP contribution in [0.15, 0.2) is 79.1 Å². The van der Waals surface area contributed by atoms with Crippen LogP contribution in [0.25, 0.3) is 10.9 Å². The van der Waals surface area contributed by atoms with Crippen LogP contribution >= 0.6 is 0 Å². The number of fused-ring (bicyclic) bond motifs is 1. The van der Waals surface area contributed by atoms with Gasteiger partial charge in [-0.15, -0.1) is 0 Å². The van der Waals surface area contributed by atoms with E-state index in [-0.39, 0.29) is 29.5 Å². The monoisotopic (exact) mass is 387 g/mol. The molecule has 0 saturated heterocycles. The molecule has 0 radical (unpaired) electrons. The van der Waals surface area contributed by atoms with Crippen LogP contribution in [0.1, 0.15) is 34.0 Å². The van der Waals surface area contributed by atoms with Crippen molar-refractivity contribution in [3.8, 4) is 0 Å². The van der Waals surface area contributed by atoms with Crippen LogP contribution in [0.2, 0.25) is 0 Å². The molecule has 7 heteroatoms. The zero-order chi connectivity index (χ0) is 20.4. The Morgan fingerprint density at radius 2 is 1.76 bits per heavy atom. The minimum absolute atomic E-state index is 0.0155. The Labute approximate surface area is 166 Å². The van der Waals surface area contributed by atoms with E-state index in [1.165, 1.54) is 24.4 Å². The van der Waals surface area contributed by atoms with E-state index in [1.807, 2.05) is 30.5 Å². The second-order valence-corrected chi connectivity index (χ2v) is 6.73. The van der Waals surface area contributed by atoms with Crippen molar-refractivity contribution in [1.82, 2.24) is 4.98 Å². The second-order valence-electron chi connectivity index (χ2n) is 6.73. The van der Waals surface area contributed by atoms with Gasteiger partial charge < -0.3 is 10.2 Å². The minimum atomic E-state index is -0.458. The number of hydrogen-bond acceptors (Lipinski definition) is 4. The molecule has 0 saturated carbocycles. The summed E-state index contributed by atoms with van der Waals surface area (Å²) in [5.41, 5.74) is 2.65. The third-order valence-corrected chi connectivity index (χ3v) is 5.00. The van der Waals surface area contributed by atoms with Crippen molar-refractivity contribution in [2.75, 3.05) is 0 Å². The number of ketones is 1. The molecule has 7 nitrogen and oxygen atoms in total. The van der Waals surface area contributed by atoms with Crippen LogP contribution < -0.4 is 4.73 Å². The van der Waals surface area contributed by atoms with Crippen molar-refractivity contribution in [2.45, 2.75) is 12.3 Å². The van der Waals surface area contributed by atoms with Gasteiger partial charge in [0, 0.05) is 53.7 Å². The molecule has 29 heavy (non-hydrogen) atoms. The van der Waals surface area contributed by atoms with Gasteiger partial charge in [0.05, 0.1) is 4.92 Å². The van der Waals surface area contributed by atoms with Crippen molar-refractivity contribution in [1.29, 1.82) is 0 Å². The molecule has 0 fully saturated rings. The summed E-state index contributed by atoms with van der Waals surface area (Å²) in [4.78, 5) is 26.7. The highest BCUT2D eigenvalue weighted by molar-refractivity contribution is 5.94. The highest BCUT2D eigenvalue weighted by Gasteiger charge is 2.25. The maximum absolute atomic E-state index is 12.9. The van der Waals surface area contributed by atoms with Crippen molar-refractivity contribution in [3.63, 3.8) is 0 Å². The predicted molar refractivity (Wildman–Crippen MR) is 108 cm³/mol. The fraction of sp³-hybridized carbons (Fsp3) is 0.0909. The molecule has 2 aromatic carbocycles. The molecule has 0 spiro atoms. The quantitative estimate of drug-likeness (QED) is 0.177. The Kier molecular flexibility index (Phi) is 4.78. The Balaban J connectivity index is 1.78. The SMILES string of the molecule is O=C(C[C@@H](c1ccc([N+](=O)[O-])cc1)c1c[nH]c2ccccc12)c1cccc[n+]1[O-]. The van der Waals surface area contributed by atoms with Gasteiger partial charge >= 0.3 is 0 Å². The van der Waals surface area contributed by atoms with Gasteiger partial charge in [-0.3, -0.25) is 14.9 Å². The lowest BCUT2D eigenvalue weighted by Gasteiger charge is -2.16. The summed E-state index contributed by atoms with van der Waals surface area (Å²) >= 11 is 0. The number of pyridine rings is 1. The number of carbonyl (C=O) groups is 1. The molecular formula is C22H17N3O4. The van der Waals surface area contributed by atoms with Gasteiger partial charge in [-0.25, -0.2) is 0 Å². The molecule has 1 atom stereocenters. The summed E-state index contributed by atoms with van der Waals surface area (Å²) < 4.78 is 0.560. The molecule has 2 heterocycles. The molecule has 1 N–H and O–H groups in total. The number of hydrogen-bond donors (Lipinski definition) is 1. The summed E-state index contributed by atoms with van der Waals surface area (Å²) in [5, 5.41) is 24.0. The lowest BCUT2D eigenvalue weighted by Crippen LogP contribution is -2.34. The summed E-state index contributed by atoms with van der Waals surface area (Å²) in [6.45, 7) is 0. The van der Waals surface area contributed by atoms with Crippen molar-refractivity contribution < 1.29 is 14.4 Å². The molecule has 144 valence electrons. The van der Waals surface area contributed by atoms with Crippen LogP contribution in [0.5, 0.6) is 0 Å². The van der Waals surface area contributed by atoms with E-state index >= 15 is 0 Å². The van der Waals surface area contributed by atoms with Gasteiger partial charge in [-0.2, -0.15) is 4.73 Å². The van der Waals surface area contributed by atoms with E-state index in [2.05, 4.69) is 4.98 Å². The molecule has 0 aliphatic heterocycles. The lowest BCUT2D eigenvalue weighted by atomic mass is 9.86. The number of Topliss-reactive ketones (excluding diaryl/α,β-unsaturated/α-hetero) is 1. The molecule has 0 bridgehead atoms. The number of aromatic amines is 1. The summed E-state index contributed by atoms with van der Waals surface area (Å²) in [5.74, 6) is -0.658. The number of non-ortho nitro benzene ring substituents is 1. The largest absolute Gasteiger partial charge is 0.618 e. The number of rotatable bonds is 6. The maximum Gasteiger partial charge on any atom is 0.269 e. The van der Waals surface area contributed by atoms with Crippen molar-refractivity contribution in [2.24, 2.45) is 0 Å². The van der Waals surface area contributed by atoms with Crippen LogP contribution in [0.4, 0.5) is 5.69 Å². The number of benzene rings is 2. The van der Waals surface area contributed by atoms with Gasteiger partial charge in [-0.1, -0.05) is 30.3 Å². The number of carbonyl (C=O) groups excluding carboxylic acids is 1. The molecular weight excluding hydrogens is 370 g/mol. The van der Waals surface area contributed by atoms with Crippen LogP contribution in [0, 0.1) is 15.3 Å². The van der Waals surface area contributed by atoms with E-state index in [1.54, 1.807) is 24.3 Å². The Morgan fingerprint density at radius 1 is 1.03 bits per heavy atom. The fourth-order valence-corrected chi connectivity index (χ4v) is 3.55. The van der Waals surface area contributed by atoms with Gasteiger partial charge in [-0.05, 0) is 23.3 Å². The first-order valence-electron chi connectivity index (χ1n) is 9.06. The Hall–Kier alpha value is -4.00. The number of nitro groups is 1. The average Bonchev–Trinajstić information content (AvgIpc) is 3.16. The zero-order valence-electron chi connectivity index (χ0n) is 15.3. The van der Waals surface area contributed by atoms with Gasteiger partial charge in [0.2, 0.25) is 5.78 Å². The third kappa shape index (κ3) is 3.58. The first-order chi connectivity index (χ1) is 14.0. The molecule has 4 aromatic rings. The average molecular weight is 387 g/mol. The third-order valence-electron chi connectivity index (χ3n) is 5.00. The number of nitro benzene ring substituents is 1. The van der Waals surface area contributed by atoms with Gasteiger partial charge in [0.25, 0.3) is 11.4 Å². The lowest BCUT2D eigenvalue weighted by molar-refractivity contribution is -0.607. The molecule has 2 aromatic heterocycles. The Morgan fingerprint density at radius 3 is 2.48 bits per heavy atom. The summed E-state index contributed by atoms with van der Waals surface area (Å²) in [6.07, 6.45) is 3.20. The highest BCUT2D eigenvalue weighted by Crippen LogP contribution is 2.34. The fourth-order valence-electron chi connectivity index (χ4n) is 3.55. The first-order valence-corrected chi connectivity index (χ1v) is 9.06. The summed E-state index contributed by atoms with van der Waals surface area (Å²) in [7, 11) is 0. The van der Waals surface area contributed by atoms with Gasteiger partial charge in [0.15, 0.2) is 6.20 Å². The smallest absolute Gasteiger partial charge is 0.269 e. The minimum Gasteiger partial charge on any atom is -0.618 e. The second kappa shape index (κ2) is 7.55. The first kappa shape index (κ1) is 18.4. The Bertz CT molecular complexity index is 1200. The topological polar surface area (TPSA) is 103 Å². The van der Waals surface area contributed by atoms with Crippen molar-refractivity contribution in [3.05, 3.63) is 111 Å². The van der Waals surface area contributed by atoms with E-state index in [0.717, 1.165) is 22.0 Å². The van der Waals surface area contributed by atoms with E-state index in [9.17, 15) is 20.1 Å². The number of nitrogens with one attached hydrogen (secondary N) is 1. The van der Waals surface area contributed by atoms with Crippen LogP contribution in [-0.4, -0.2) is 15.7 Å². The van der Waals surface area contributed by atoms with Crippen LogP contribution in [-0.2, 0) is 0 Å². The van der Waals surface area contributed by atoms with Gasteiger partial charge in [0.1, 0.15) is 0 Å². The maximum atomic E-state index is 12.9. The zero-order valence-corrected chi connectivity index (χ0v) is 15.3. The molecule has 0 aliphatic carbocycles. The normalized spacial score (nSPS) is 12.0. The molecule has 0 aliphatic rings. The predicted octanol–water partition coefficient (Wildman–Crippen LogP) is 4.11. The molecule has 0 unspecified atom stereocenters. The van der Waals surface area contributed by atoms with E-state index in [4.69, 9.17) is 0 Å². The standard InChI is InChI=1S/C22H17N3O4/c26-22(21-7-3-4-12-24(21)27)13-18(15-8-10-16(11-9-15)25(28)29)19-14-23-20-6-2-1-5-17(19)20/h1-12,14,18,23H,13H2/t18-/m0/s1. The van der Waals surface area contributed by atoms with E-state index < -0.39 is 4.92 Å². The molecule has 4 rings (SSSR count). The highest BCUT2D eigenvalue weighted by atomic mass is 16.6. The number of aromatic nitrogens is 2. The number of H-pyrrole nitrogens is 1. The van der Waals surface area contributed by atoms with Crippen LogP contribution in [0.3, 0.4) is 0 Å². The number of para-hydroxylation sites is 1. The number of nitrogens with zero attached hydrogens (tertiary/aromatic N) is 2. The summed E-state index contributed by atoms with van der Waals surface area (Å²) in [6, 6.07) is 18.6. The molecule has 0 amide bonds. The van der Waals surface area contributed by atoms with E-state index in [0.29, 0.717) is 4.73 Å². The van der Waals surface area contributed by atoms with Crippen molar-refractivity contribution >= 4 is 22.4 Å².